The number of aromatic amines is 1. The van der Waals surface area contributed by atoms with Gasteiger partial charge in [-0.15, -0.1) is 0 Å². The Morgan fingerprint density at radius 3 is 2.93 bits per heavy atom. The Bertz CT molecular complexity index is 436. The van der Waals surface area contributed by atoms with Crippen LogP contribution in [0.5, 0.6) is 5.88 Å². The minimum Gasteiger partial charge on any atom is -0.493 e. The van der Waals surface area contributed by atoms with Gasteiger partial charge in [-0.25, -0.2) is 4.98 Å². The first-order valence-corrected chi connectivity index (χ1v) is 4.32. The normalized spacial score (nSPS) is 10.1. The molecule has 0 fully saturated rings. The van der Waals surface area contributed by atoms with E-state index < -0.39 is 0 Å². The number of anilines is 1. The van der Waals surface area contributed by atoms with Crippen molar-refractivity contribution in [1.82, 2.24) is 9.97 Å². The number of H-pyrrole nitrogens is 1. The van der Waals surface area contributed by atoms with E-state index in [0.717, 1.165) is 11.3 Å². The monoisotopic (exact) mass is 189 g/mol. The zero-order valence-electron chi connectivity index (χ0n) is 7.78. The molecular weight excluding hydrogens is 178 g/mol. The van der Waals surface area contributed by atoms with Crippen molar-refractivity contribution in [3.63, 3.8) is 0 Å². The van der Waals surface area contributed by atoms with Gasteiger partial charge in [0.15, 0.2) is 0 Å². The van der Waals surface area contributed by atoms with Crippen molar-refractivity contribution in [3.8, 4) is 17.3 Å². The maximum absolute atomic E-state index is 9.11. The van der Waals surface area contributed by atoms with Gasteiger partial charge in [0.05, 0.1) is 6.20 Å². The predicted octanol–water partition coefficient (Wildman–Crippen LogP) is 1.82. The first-order chi connectivity index (χ1) is 6.79. The van der Waals surface area contributed by atoms with E-state index in [1.807, 2.05) is 31.3 Å². The van der Waals surface area contributed by atoms with E-state index in [2.05, 4.69) is 15.3 Å². The second kappa shape index (κ2) is 3.41. The van der Waals surface area contributed by atoms with Gasteiger partial charge >= 0.3 is 0 Å². The molecule has 4 heteroatoms. The van der Waals surface area contributed by atoms with Crippen molar-refractivity contribution in [2.24, 2.45) is 0 Å². The van der Waals surface area contributed by atoms with Crippen LogP contribution in [-0.4, -0.2) is 22.1 Å². The van der Waals surface area contributed by atoms with Crippen LogP contribution < -0.4 is 5.32 Å². The molecule has 1 aromatic heterocycles. The zero-order chi connectivity index (χ0) is 9.97. The Kier molecular flexibility index (Phi) is 2.10. The van der Waals surface area contributed by atoms with Crippen molar-refractivity contribution in [3.05, 3.63) is 30.5 Å². The number of rotatable bonds is 2. The summed E-state index contributed by atoms with van der Waals surface area (Å²) >= 11 is 0. The molecule has 2 aromatic rings. The number of hydrogen-bond acceptors (Lipinski definition) is 3. The lowest BCUT2D eigenvalue weighted by atomic mass is 10.2. The third kappa shape index (κ3) is 1.54. The molecule has 0 unspecified atom stereocenters. The number of imidazole rings is 1. The minimum absolute atomic E-state index is 0.0786. The molecule has 0 saturated carbocycles. The van der Waals surface area contributed by atoms with E-state index in [1.165, 1.54) is 6.20 Å². The molecule has 2 rings (SSSR count). The molecule has 0 saturated heterocycles. The van der Waals surface area contributed by atoms with Gasteiger partial charge in [-0.05, 0) is 12.1 Å². The average Bonchev–Trinajstić information content (AvgIpc) is 2.65. The summed E-state index contributed by atoms with van der Waals surface area (Å²) in [7, 11) is 1.86. The lowest BCUT2D eigenvalue weighted by Crippen LogP contribution is -1.88. The number of benzene rings is 1. The number of hydrogen-bond donors (Lipinski definition) is 3. The molecule has 1 aromatic carbocycles. The van der Waals surface area contributed by atoms with Crippen LogP contribution in [0.1, 0.15) is 0 Å². The Morgan fingerprint density at radius 1 is 1.43 bits per heavy atom. The van der Waals surface area contributed by atoms with Crippen molar-refractivity contribution in [1.29, 1.82) is 0 Å². The molecule has 0 aliphatic rings. The van der Waals surface area contributed by atoms with Gasteiger partial charge in [-0.1, -0.05) is 12.1 Å². The maximum atomic E-state index is 9.11. The molecule has 72 valence electrons. The second-order valence-electron chi connectivity index (χ2n) is 2.95. The summed E-state index contributed by atoms with van der Waals surface area (Å²) in [5.74, 6) is 0.745. The van der Waals surface area contributed by atoms with Crippen LogP contribution in [0.4, 0.5) is 5.69 Å². The fraction of sp³-hybridized carbons (Fsp3) is 0.100. The van der Waals surface area contributed by atoms with E-state index in [4.69, 9.17) is 5.11 Å². The molecule has 3 N–H and O–H groups in total. The Labute approximate surface area is 81.6 Å². The first kappa shape index (κ1) is 8.62. The number of aromatic hydroxyl groups is 1. The summed E-state index contributed by atoms with van der Waals surface area (Å²) in [6.45, 7) is 0. The first-order valence-electron chi connectivity index (χ1n) is 4.32. The van der Waals surface area contributed by atoms with Gasteiger partial charge < -0.3 is 15.4 Å². The third-order valence-electron chi connectivity index (χ3n) is 1.99. The number of aromatic nitrogens is 2. The van der Waals surface area contributed by atoms with E-state index in [1.54, 1.807) is 0 Å². The highest BCUT2D eigenvalue weighted by Gasteiger charge is 2.02. The van der Waals surface area contributed by atoms with Crippen LogP contribution in [0.2, 0.25) is 0 Å². The fourth-order valence-corrected chi connectivity index (χ4v) is 1.28. The van der Waals surface area contributed by atoms with Crippen LogP contribution in [0, 0.1) is 0 Å². The Balaban J connectivity index is 2.41. The van der Waals surface area contributed by atoms with E-state index in [0.29, 0.717) is 5.82 Å². The molecule has 0 aliphatic heterocycles. The second-order valence-corrected chi connectivity index (χ2v) is 2.95. The fourth-order valence-electron chi connectivity index (χ4n) is 1.28. The zero-order valence-corrected chi connectivity index (χ0v) is 7.78. The Morgan fingerprint density at radius 2 is 2.29 bits per heavy atom. The molecular formula is C10H11N3O. The van der Waals surface area contributed by atoms with Crippen molar-refractivity contribution >= 4 is 5.69 Å². The predicted molar refractivity (Wildman–Crippen MR) is 55.2 cm³/mol. The molecule has 0 bridgehead atoms. The summed E-state index contributed by atoms with van der Waals surface area (Å²) in [6, 6.07) is 7.78. The van der Waals surface area contributed by atoms with Crippen LogP contribution >= 0.6 is 0 Å². The summed E-state index contributed by atoms with van der Waals surface area (Å²) < 4.78 is 0. The smallest absolute Gasteiger partial charge is 0.208 e. The molecule has 1 heterocycles. The van der Waals surface area contributed by atoms with Crippen LogP contribution in [-0.2, 0) is 0 Å². The van der Waals surface area contributed by atoms with Crippen LogP contribution in [0.25, 0.3) is 11.4 Å². The summed E-state index contributed by atoms with van der Waals surface area (Å²) in [5.41, 5.74) is 1.95. The maximum Gasteiger partial charge on any atom is 0.208 e. The molecule has 0 spiro atoms. The van der Waals surface area contributed by atoms with Gasteiger partial charge in [0.1, 0.15) is 5.82 Å². The highest BCUT2D eigenvalue weighted by Crippen LogP contribution is 2.20. The lowest BCUT2D eigenvalue weighted by Gasteiger charge is -2.01. The van der Waals surface area contributed by atoms with Gasteiger partial charge in [-0.3, -0.25) is 0 Å². The van der Waals surface area contributed by atoms with Crippen molar-refractivity contribution < 1.29 is 5.11 Å². The van der Waals surface area contributed by atoms with Crippen molar-refractivity contribution in [2.75, 3.05) is 12.4 Å². The SMILES string of the molecule is CNc1cccc(-c2ncc(O)[nH]2)c1. The molecule has 0 amide bonds. The van der Waals surface area contributed by atoms with Gasteiger partial charge in [0.2, 0.25) is 5.88 Å². The molecule has 0 atom stereocenters. The quantitative estimate of drug-likeness (QED) is 0.675. The van der Waals surface area contributed by atoms with Crippen LogP contribution in [0.15, 0.2) is 30.5 Å². The average molecular weight is 189 g/mol. The highest BCUT2D eigenvalue weighted by atomic mass is 16.3. The van der Waals surface area contributed by atoms with Gasteiger partial charge in [-0.2, -0.15) is 0 Å². The summed E-state index contributed by atoms with van der Waals surface area (Å²) in [4.78, 5) is 6.79. The molecule has 0 aliphatic carbocycles. The lowest BCUT2D eigenvalue weighted by molar-refractivity contribution is 0.457. The standard InChI is InChI=1S/C10H11N3O/c1-11-8-4-2-3-7(5-8)10-12-6-9(14)13-10/h2-6,11,14H,1H3,(H,12,13). The van der Waals surface area contributed by atoms with Crippen LogP contribution in [0.3, 0.4) is 0 Å². The molecule has 0 radical (unpaired) electrons. The summed E-state index contributed by atoms with van der Waals surface area (Å²) in [6.07, 6.45) is 1.39. The summed E-state index contributed by atoms with van der Waals surface area (Å²) in [5, 5.41) is 12.1. The van der Waals surface area contributed by atoms with Gasteiger partial charge in [0, 0.05) is 18.3 Å². The van der Waals surface area contributed by atoms with Gasteiger partial charge in [0.25, 0.3) is 0 Å². The minimum atomic E-state index is 0.0786. The van der Waals surface area contributed by atoms with E-state index in [-0.39, 0.29) is 5.88 Å². The largest absolute Gasteiger partial charge is 0.493 e. The third-order valence-corrected chi connectivity index (χ3v) is 1.99. The molecule has 4 nitrogen and oxygen atoms in total. The highest BCUT2D eigenvalue weighted by molar-refractivity contribution is 5.62. The molecule has 14 heavy (non-hydrogen) atoms. The van der Waals surface area contributed by atoms with Crippen molar-refractivity contribution in [2.45, 2.75) is 0 Å². The van der Waals surface area contributed by atoms with E-state index in [9.17, 15) is 0 Å². The Hall–Kier alpha value is -1.97. The topological polar surface area (TPSA) is 60.9 Å². The number of nitrogens with one attached hydrogen (secondary N) is 2. The number of nitrogens with zero attached hydrogens (tertiary/aromatic N) is 1. The van der Waals surface area contributed by atoms with E-state index >= 15 is 0 Å².